The molecule has 0 aliphatic carbocycles. The number of nitrogens with zero attached hydrogens (tertiary/aromatic N) is 4. The number of alkyl halides is 3. The number of carbonyl (C=O) groups excluding carboxylic acids is 2. The molecule has 5 aromatic rings. The van der Waals surface area contributed by atoms with Gasteiger partial charge in [-0.1, -0.05) is 72.8 Å². The van der Waals surface area contributed by atoms with E-state index < -0.39 is 23.8 Å². The van der Waals surface area contributed by atoms with E-state index in [-0.39, 0.29) is 31.2 Å². The topological polar surface area (TPSA) is 66.4 Å². The summed E-state index contributed by atoms with van der Waals surface area (Å²) < 4.78 is 53.1. The van der Waals surface area contributed by atoms with Crippen molar-refractivity contribution in [3.8, 4) is 11.3 Å². The molecule has 1 aliphatic rings. The maximum absolute atomic E-state index is 14.5. The van der Waals surface area contributed by atoms with Crippen LogP contribution in [0.5, 0.6) is 0 Å². The molecule has 0 N–H and O–H groups in total. The van der Waals surface area contributed by atoms with Gasteiger partial charge in [-0.25, -0.2) is 4.39 Å². The van der Waals surface area contributed by atoms with E-state index in [1.165, 1.54) is 35.3 Å². The minimum absolute atomic E-state index is 0.0792. The van der Waals surface area contributed by atoms with Crippen molar-refractivity contribution >= 4 is 17.9 Å². The Morgan fingerprint density at radius 2 is 1.63 bits per heavy atom. The molecule has 0 fully saturated rings. The largest absolute Gasteiger partial charge is 0.433 e. The lowest BCUT2D eigenvalue weighted by Gasteiger charge is -2.37. The van der Waals surface area contributed by atoms with Gasteiger partial charge >= 0.3 is 6.18 Å². The van der Waals surface area contributed by atoms with E-state index in [2.05, 4.69) is 9.97 Å². The highest BCUT2D eigenvalue weighted by Crippen LogP contribution is 2.28. The minimum Gasteiger partial charge on any atom is -0.336 e. The number of pyridine rings is 2. The quantitative estimate of drug-likeness (QED) is 0.121. The van der Waals surface area contributed by atoms with Crippen LogP contribution < -0.4 is 0 Å². The maximum atomic E-state index is 14.5. The molecule has 49 heavy (non-hydrogen) atoms. The van der Waals surface area contributed by atoms with Gasteiger partial charge in [-0.2, -0.15) is 13.2 Å². The Morgan fingerprint density at radius 3 is 2.33 bits per heavy atom. The van der Waals surface area contributed by atoms with Crippen molar-refractivity contribution in [1.82, 2.24) is 19.8 Å². The monoisotopic (exact) mass is 664 g/mol. The molecular formula is C39H32F4N4O2. The lowest BCUT2D eigenvalue weighted by atomic mass is 9.97. The average molecular weight is 665 g/mol. The molecule has 1 aliphatic heterocycles. The van der Waals surface area contributed by atoms with E-state index in [4.69, 9.17) is 0 Å². The van der Waals surface area contributed by atoms with Gasteiger partial charge in [0.2, 0.25) is 11.8 Å². The van der Waals surface area contributed by atoms with Crippen LogP contribution in [0.3, 0.4) is 0 Å². The van der Waals surface area contributed by atoms with Crippen LogP contribution in [0, 0.1) is 5.82 Å². The first-order chi connectivity index (χ1) is 23.6. The summed E-state index contributed by atoms with van der Waals surface area (Å²) in [7, 11) is 0. The van der Waals surface area contributed by atoms with E-state index >= 15 is 0 Å². The zero-order chi connectivity index (χ0) is 34.4. The number of fused-ring (bicyclic) bond motifs is 1. The second kappa shape index (κ2) is 14.6. The standard InChI is InChI=1S/C39H32F4N4O2/c40-33-16-15-32-26-46(21-19-31(32)23-33)38(49)35(22-27-6-2-1-3-7-27)47(25-29-9-13-30(14-10-29)34-8-4-5-20-44-34)37(48)18-12-28-11-17-36(45-24-28)39(41,42)43/h1-18,20,23-24,35H,19,21-22,25-26H2/t35-/m0/s1. The summed E-state index contributed by atoms with van der Waals surface area (Å²) in [6.45, 7) is 0.706. The molecule has 0 saturated carbocycles. The van der Waals surface area contributed by atoms with Crippen molar-refractivity contribution in [2.45, 2.75) is 38.1 Å². The van der Waals surface area contributed by atoms with Crippen LogP contribution in [0.2, 0.25) is 0 Å². The number of carbonyl (C=O) groups is 2. The van der Waals surface area contributed by atoms with E-state index in [1.54, 1.807) is 17.2 Å². The number of aromatic nitrogens is 2. The Morgan fingerprint density at radius 1 is 0.857 bits per heavy atom. The first kappa shape index (κ1) is 33.3. The molecule has 0 unspecified atom stereocenters. The van der Waals surface area contributed by atoms with Gasteiger partial charge in [0, 0.05) is 50.1 Å². The van der Waals surface area contributed by atoms with E-state index in [0.717, 1.165) is 45.8 Å². The predicted molar refractivity (Wildman–Crippen MR) is 178 cm³/mol. The summed E-state index contributed by atoms with van der Waals surface area (Å²) in [5.41, 5.74) is 4.24. The van der Waals surface area contributed by atoms with Gasteiger partial charge in [0.25, 0.3) is 0 Å². The third kappa shape index (κ3) is 8.27. The number of amides is 2. The smallest absolute Gasteiger partial charge is 0.336 e. The SMILES string of the molecule is O=C([C@H](Cc1ccccc1)N(Cc1ccc(-c2ccccn2)cc1)C(=O)C=Cc1ccc(C(F)(F)F)nc1)N1CCc2cc(F)ccc2C1. The zero-order valence-corrected chi connectivity index (χ0v) is 26.4. The fourth-order valence-corrected chi connectivity index (χ4v) is 5.88. The average Bonchev–Trinajstić information content (AvgIpc) is 3.12. The molecule has 3 aromatic carbocycles. The molecule has 0 spiro atoms. The first-order valence-electron chi connectivity index (χ1n) is 15.8. The van der Waals surface area contributed by atoms with Crippen molar-refractivity contribution in [2.24, 2.45) is 0 Å². The van der Waals surface area contributed by atoms with Gasteiger partial charge in [-0.15, -0.1) is 0 Å². The summed E-state index contributed by atoms with van der Waals surface area (Å²) in [4.78, 5) is 39.7. The normalized spacial score (nSPS) is 13.6. The Balaban J connectivity index is 1.34. The van der Waals surface area contributed by atoms with Crippen LogP contribution in [0.15, 0.2) is 122 Å². The van der Waals surface area contributed by atoms with Gasteiger partial charge < -0.3 is 9.80 Å². The van der Waals surface area contributed by atoms with Crippen LogP contribution in [-0.4, -0.2) is 44.2 Å². The first-order valence-corrected chi connectivity index (χ1v) is 15.8. The van der Waals surface area contributed by atoms with Crippen molar-refractivity contribution in [1.29, 1.82) is 0 Å². The lowest BCUT2D eigenvalue weighted by molar-refractivity contribution is -0.144. The van der Waals surface area contributed by atoms with Gasteiger partial charge in [0.1, 0.15) is 17.6 Å². The summed E-state index contributed by atoms with van der Waals surface area (Å²) in [6, 6.07) is 28.3. The number of rotatable bonds is 9. The van der Waals surface area contributed by atoms with Gasteiger partial charge in [-0.3, -0.25) is 19.6 Å². The summed E-state index contributed by atoms with van der Waals surface area (Å²) in [6.07, 6.45) is 1.51. The van der Waals surface area contributed by atoms with E-state index in [9.17, 15) is 27.2 Å². The van der Waals surface area contributed by atoms with E-state index in [0.29, 0.717) is 18.5 Å². The molecular weight excluding hydrogens is 632 g/mol. The molecule has 1 atom stereocenters. The molecule has 6 nitrogen and oxygen atoms in total. The van der Waals surface area contributed by atoms with Crippen LogP contribution in [-0.2, 0) is 41.7 Å². The highest BCUT2D eigenvalue weighted by atomic mass is 19.4. The number of halogens is 4. The third-order valence-corrected chi connectivity index (χ3v) is 8.47. The molecule has 2 amide bonds. The molecule has 0 saturated heterocycles. The van der Waals surface area contributed by atoms with Gasteiger partial charge in [-0.05, 0) is 70.6 Å². The molecule has 0 bridgehead atoms. The van der Waals surface area contributed by atoms with Crippen molar-refractivity contribution in [3.63, 3.8) is 0 Å². The van der Waals surface area contributed by atoms with Crippen molar-refractivity contribution in [3.05, 3.63) is 161 Å². The third-order valence-electron chi connectivity index (χ3n) is 8.47. The summed E-state index contributed by atoms with van der Waals surface area (Å²) in [5, 5.41) is 0. The van der Waals surface area contributed by atoms with Crippen molar-refractivity contribution < 1.29 is 27.2 Å². The molecule has 3 heterocycles. The van der Waals surface area contributed by atoms with Gasteiger partial charge in [0.05, 0.1) is 5.69 Å². The fraction of sp³-hybridized carbons (Fsp3) is 0.179. The van der Waals surface area contributed by atoms with Crippen LogP contribution in [0.25, 0.3) is 17.3 Å². The van der Waals surface area contributed by atoms with Crippen LogP contribution in [0.1, 0.15) is 33.5 Å². The highest BCUT2D eigenvalue weighted by Gasteiger charge is 2.34. The zero-order valence-electron chi connectivity index (χ0n) is 26.4. The Labute approximate surface area is 281 Å². The molecule has 6 rings (SSSR count). The summed E-state index contributed by atoms with van der Waals surface area (Å²) >= 11 is 0. The Kier molecular flexibility index (Phi) is 9.94. The van der Waals surface area contributed by atoms with Crippen molar-refractivity contribution in [2.75, 3.05) is 6.54 Å². The number of hydrogen-bond acceptors (Lipinski definition) is 4. The number of benzene rings is 3. The molecule has 0 radical (unpaired) electrons. The minimum atomic E-state index is -4.59. The molecule has 10 heteroatoms. The molecule has 2 aromatic heterocycles. The van der Waals surface area contributed by atoms with Crippen LogP contribution >= 0.6 is 0 Å². The Hall–Kier alpha value is -5.64. The second-order valence-corrected chi connectivity index (χ2v) is 11.8. The second-order valence-electron chi connectivity index (χ2n) is 11.8. The van der Waals surface area contributed by atoms with E-state index in [1.807, 2.05) is 72.8 Å². The van der Waals surface area contributed by atoms with Gasteiger partial charge in [0.15, 0.2) is 0 Å². The lowest BCUT2D eigenvalue weighted by Crippen LogP contribution is -2.52. The maximum Gasteiger partial charge on any atom is 0.433 e. The predicted octanol–water partition coefficient (Wildman–Crippen LogP) is 7.54. The highest BCUT2D eigenvalue weighted by molar-refractivity contribution is 5.95. The number of hydrogen-bond donors (Lipinski definition) is 0. The molecule has 248 valence electrons. The fourth-order valence-electron chi connectivity index (χ4n) is 5.88. The Bertz CT molecular complexity index is 1930. The van der Waals surface area contributed by atoms with Crippen LogP contribution in [0.4, 0.5) is 17.6 Å². The summed E-state index contributed by atoms with van der Waals surface area (Å²) in [5.74, 6) is -1.09.